The summed E-state index contributed by atoms with van der Waals surface area (Å²) in [5.74, 6) is -0.314. The molecule has 0 aliphatic carbocycles. The molecule has 9 heteroatoms. The lowest BCUT2D eigenvalue weighted by Crippen LogP contribution is -2.45. The van der Waals surface area contributed by atoms with Gasteiger partial charge in [0.2, 0.25) is 0 Å². The first-order valence-electron chi connectivity index (χ1n) is 12.9. The number of amides is 2. The van der Waals surface area contributed by atoms with Crippen molar-refractivity contribution in [2.24, 2.45) is 5.92 Å². The Labute approximate surface area is 219 Å². The standard InChI is InChI=1S/C28H39N3O6/c1-7-29(8-2)28(33)30(19-20(5)6)25-18-22(13-16-26(25)36-9-3)24(27(32)37-10-4)17-21-11-14-23(15-12-21)31(34)35/h11-16,18,20,24H,7-10,17,19H2,1-6H3. The summed E-state index contributed by atoms with van der Waals surface area (Å²) < 4.78 is 11.3. The molecule has 0 aliphatic rings. The van der Waals surface area contributed by atoms with Crippen molar-refractivity contribution in [3.05, 3.63) is 63.7 Å². The second-order valence-corrected chi connectivity index (χ2v) is 9.05. The first kappa shape index (κ1) is 29.6. The monoisotopic (exact) mass is 513 g/mol. The van der Waals surface area contributed by atoms with Crippen LogP contribution in [-0.4, -0.2) is 54.7 Å². The predicted molar refractivity (Wildman–Crippen MR) is 144 cm³/mol. The van der Waals surface area contributed by atoms with E-state index >= 15 is 0 Å². The fraction of sp³-hybridized carbons (Fsp3) is 0.500. The van der Waals surface area contributed by atoms with E-state index in [1.54, 1.807) is 34.9 Å². The molecule has 0 aromatic heterocycles. The largest absolute Gasteiger partial charge is 0.492 e. The number of carbonyl (C=O) groups excluding carboxylic acids is 2. The van der Waals surface area contributed by atoms with Crippen LogP contribution in [0.3, 0.4) is 0 Å². The number of hydrogen-bond donors (Lipinski definition) is 0. The number of esters is 1. The number of ether oxygens (including phenoxy) is 2. The highest BCUT2D eigenvalue weighted by Crippen LogP contribution is 2.35. The van der Waals surface area contributed by atoms with Gasteiger partial charge in [-0.15, -0.1) is 0 Å². The molecule has 2 aromatic carbocycles. The number of nitro groups is 1. The Morgan fingerprint density at radius 2 is 1.62 bits per heavy atom. The number of carbonyl (C=O) groups is 2. The summed E-state index contributed by atoms with van der Waals surface area (Å²) in [5.41, 5.74) is 2.02. The van der Waals surface area contributed by atoms with Crippen LogP contribution in [0, 0.1) is 16.0 Å². The van der Waals surface area contributed by atoms with E-state index in [2.05, 4.69) is 0 Å². The van der Waals surface area contributed by atoms with Crippen LogP contribution in [0.4, 0.5) is 16.2 Å². The lowest BCUT2D eigenvalue weighted by molar-refractivity contribution is -0.384. The zero-order chi connectivity index (χ0) is 27.5. The first-order chi connectivity index (χ1) is 17.7. The highest BCUT2D eigenvalue weighted by Gasteiger charge is 2.28. The molecule has 0 fully saturated rings. The van der Waals surface area contributed by atoms with Gasteiger partial charge in [0.05, 0.1) is 29.7 Å². The molecular weight excluding hydrogens is 474 g/mol. The molecule has 2 rings (SSSR count). The van der Waals surface area contributed by atoms with E-state index in [1.807, 2.05) is 46.8 Å². The molecule has 9 nitrogen and oxygen atoms in total. The Balaban J connectivity index is 2.60. The molecule has 1 unspecified atom stereocenters. The van der Waals surface area contributed by atoms with Crippen LogP contribution >= 0.6 is 0 Å². The van der Waals surface area contributed by atoms with Gasteiger partial charge >= 0.3 is 12.0 Å². The van der Waals surface area contributed by atoms with Crippen molar-refractivity contribution in [2.45, 2.75) is 53.9 Å². The predicted octanol–water partition coefficient (Wildman–Crippen LogP) is 5.81. The van der Waals surface area contributed by atoms with Crippen molar-refractivity contribution >= 4 is 23.4 Å². The Bertz CT molecular complexity index is 1050. The summed E-state index contributed by atoms with van der Waals surface area (Å²) in [6, 6.07) is 11.5. The number of benzene rings is 2. The van der Waals surface area contributed by atoms with Crippen LogP contribution in [0.2, 0.25) is 0 Å². The number of nitrogens with zero attached hydrogens (tertiary/aromatic N) is 3. The van der Waals surface area contributed by atoms with Gasteiger partial charge in [-0.2, -0.15) is 0 Å². The Morgan fingerprint density at radius 1 is 0.973 bits per heavy atom. The Morgan fingerprint density at radius 3 is 2.14 bits per heavy atom. The molecule has 0 aliphatic heterocycles. The van der Waals surface area contributed by atoms with Gasteiger partial charge in [0.25, 0.3) is 5.69 Å². The topological polar surface area (TPSA) is 102 Å². The minimum atomic E-state index is -0.666. The number of anilines is 1. The zero-order valence-electron chi connectivity index (χ0n) is 22.7. The molecule has 2 aromatic rings. The van der Waals surface area contributed by atoms with E-state index < -0.39 is 16.8 Å². The molecule has 0 heterocycles. The van der Waals surface area contributed by atoms with E-state index in [0.29, 0.717) is 49.7 Å². The molecule has 0 saturated carbocycles. The number of non-ortho nitro benzene ring substituents is 1. The Hall–Kier alpha value is -3.62. The maximum Gasteiger partial charge on any atom is 0.324 e. The van der Waals surface area contributed by atoms with Crippen LogP contribution < -0.4 is 9.64 Å². The van der Waals surface area contributed by atoms with E-state index in [-0.39, 0.29) is 24.2 Å². The van der Waals surface area contributed by atoms with Crippen LogP contribution in [0.5, 0.6) is 5.75 Å². The van der Waals surface area contributed by atoms with Gasteiger partial charge < -0.3 is 14.4 Å². The summed E-state index contributed by atoms with van der Waals surface area (Å²) in [5, 5.41) is 11.0. The van der Waals surface area contributed by atoms with E-state index in [0.717, 1.165) is 5.56 Å². The smallest absolute Gasteiger partial charge is 0.324 e. The van der Waals surface area contributed by atoms with Crippen molar-refractivity contribution in [1.29, 1.82) is 0 Å². The SMILES string of the molecule is CCOC(=O)C(Cc1ccc([N+](=O)[O-])cc1)c1ccc(OCC)c(N(CC(C)C)C(=O)N(CC)CC)c1. The summed E-state index contributed by atoms with van der Waals surface area (Å²) in [7, 11) is 0. The van der Waals surface area contributed by atoms with Crippen molar-refractivity contribution in [3.63, 3.8) is 0 Å². The van der Waals surface area contributed by atoms with Crippen molar-refractivity contribution in [3.8, 4) is 5.75 Å². The molecule has 2 amide bonds. The van der Waals surface area contributed by atoms with Crippen LogP contribution in [-0.2, 0) is 16.0 Å². The number of nitro benzene ring substituents is 1. The molecule has 0 N–H and O–H groups in total. The number of urea groups is 1. The van der Waals surface area contributed by atoms with Gasteiger partial charge in [0.15, 0.2) is 0 Å². The lowest BCUT2D eigenvalue weighted by Gasteiger charge is -2.32. The van der Waals surface area contributed by atoms with Gasteiger partial charge in [0.1, 0.15) is 5.75 Å². The molecule has 202 valence electrons. The fourth-order valence-electron chi connectivity index (χ4n) is 4.12. The second-order valence-electron chi connectivity index (χ2n) is 9.05. The second kappa shape index (κ2) is 14.2. The van der Waals surface area contributed by atoms with Gasteiger partial charge in [-0.3, -0.25) is 19.8 Å². The third kappa shape index (κ3) is 7.93. The van der Waals surface area contributed by atoms with E-state index in [9.17, 15) is 19.7 Å². The van der Waals surface area contributed by atoms with E-state index in [4.69, 9.17) is 9.47 Å². The zero-order valence-corrected chi connectivity index (χ0v) is 22.7. The number of rotatable bonds is 13. The van der Waals surface area contributed by atoms with Crippen molar-refractivity contribution in [2.75, 3.05) is 37.7 Å². The molecule has 0 radical (unpaired) electrons. The summed E-state index contributed by atoms with van der Waals surface area (Å²) >= 11 is 0. The Kier molecular flexibility index (Phi) is 11.4. The van der Waals surface area contributed by atoms with Gasteiger partial charge in [-0.05, 0) is 63.3 Å². The fourth-order valence-corrected chi connectivity index (χ4v) is 4.12. The van der Waals surface area contributed by atoms with Crippen molar-refractivity contribution in [1.82, 2.24) is 4.90 Å². The van der Waals surface area contributed by atoms with Crippen LogP contribution in [0.1, 0.15) is 58.6 Å². The minimum Gasteiger partial charge on any atom is -0.492 e. The lowest BCUT2D eigenvalue weighted by atomic mass is 9.91. The highest BCUT2D eigenvalue weighted by atomic mass is 16.6. The van der Waals surface area contributed by atoms with Gasteiger partial charge in [-0.25, -0.2) is 4.79 Å². The highest BCUT2D eigenvalue weighted by molar-refractivity contribution is 5.94. The number of hydrogen-bond acceptors (Lipinski definition) is 6. The normalized spacial score (nSPS) is 11.6. The van der Waals surface area contributed by atoms with Gasteiger partial charge in [-0.1, -0.05) is 32.0 Å². The molecular formula is C28H39N3O6. The molecule has 37 heavy (non-hydrogen) atoms. The van der Waals surface area contributed by atoms with Gasteiger partial charge in [0, 0.05) is 31.8 Å². The van der Waals surface area contributed by atoms with E-state index in [1.165, 1.54) is 12.1 Å². The maximum absolute atomic E-state index is 13.5. The molecule has 1 atom stereocenters. The summed E-state index contributed by atoms with van der Waals surface area (Å²) in [6.07, 6.45) is 0.290. The maximum atomic E-state index is 13.5. The quantitative estimate of drug-likeness (QED) is 0.190. The van der Waals surface area contributed by atoms with Crippen molar-refractivity contribution < 1.29 is 24.0 Å². The third-order valence-corrected chi connectivity index (χ3v) is 5.95. The molecule has 0 saturated heterocycles. The van der Waals surface area contributed by atoms with Crippen LogP contribution in [0.15, 0.2) is 42.5 Å². The average Bonchev–Trinajstić information content (AvgIpc) is 2.87. The summed E-state index contributed by atoms with van der Waals surface area (Å²) in [6.45, 7) is 13.9. The molecule has 0 bridgehead atoms. The average molecular weight is 514 g/mol. The first-order valence-corrected chi connectivity index (χ1v) is 12.9. The minimum absolute atomic E-state index is 0.0148. The third-order valence-electron chi connectivity index (χ3n) is 5.95. The summed E-state index contributed by atoms with van der Waals surface area (Å²) in [4.78, 5) is 40.7. The molecule has 0 spiro atoms. The van der Waals surface area contributed by atoms with Crippen LogP contribution in [0.25, 0.3) is 0 Å².